The molecule has 2 aliphatic carbocycles. The smallest absolute Gasteiger partial charge is 0.307 e. The molecule has 4 rings (SSSR count). The SMILES string of the molecule is O=C(O)[C@H]1[C@@H](C(=O)N2CCc3ccccc3C2)[C@@H]2C=C[C@@H]1C2. The van der Waals surface area contributed by atoms with Crippen LogP contribution in [0.5, 0.6) is 0 Å². The number of rotatable bonds is 2. The molecule has 22 heavy (non-hydrogen) atoms. The van der Waals surface area contributed by atoms with E-state index in [2.05, 4.69) is 12.1 Å². The van der Waals surface area contributed by atoms with E-state index in [-0.39, 0.29) is 23.7 Å². The van der Waals surface area contributed by atoms with Gasteiger partial charge in [-0.15, -0.1) is 0 Å². The lowest BCUT2D eigenvalue weighted by atomic mass is 9.81. The van der Waals surface area contributed by atoms with E-state index in [9.17, 15) is 14.7 Å². The number of carbonyl (C=O) groups is 2. The lowest BCUT2D eigenvalue weighted by Gasteiger charge is -2.34. The molecule has 114 valence electrons. The van der Waals surface area contributed by atoms with Gasteiger partial charge in [-0.25, -0.2) is 0 Å². The van der Waals surface area contributed by atoms with E-state index in [0.717, 1.165) is 12.8 Å². The molecule has 0 saturated heterocycles. The molecule has 0 radical (unpaired) electrons. The summed E-state index contributed by atoms with van der Waals surface area (Å²) in [5, 5.41) is 9.51. The third kappa shape index (κ3) is 1.97. The number of fused-ring (bicyclic) bond motifs is 3. The van der Waals surface area contributed by atoms with Gasteiger partial charge in [0.05, 0.1) is 11.8 Å². The van der Waals surface area contributed by atoms with Crippen LogP contribution >= 0.6 is 0 Å². The van der Waals surface area contributed by atoms with Crippen molar-refractivity contribution in [2.45, 2.75) is 19.4 Å². The average molecular weight is 297 g/mol. The van der Waals surface area contributed by atoms with Crippen LogP contribution in [-0.4, -0.2) is 28.4 Å². The molecule has 1 fully saturated rings. The van der Waals surface area contributed by atoms with E-state index in [1.54, 1.807) is 0 Å². The number of aliphatic carboxylic acids is 1. The van der Waals surface area contributed by atoms with Crippen molar-refractivity contribution in [2.24, 2.45) is 23.7 Å². The van der Waals surface area contributed by atoms with Crippen molar-refractivity contribution in [2.75, 3.05) is 6.54 Å². The van der Waals surface area contributed by atoms with Gasteiger partial charge in [0, 0.05) is 13.1 Å². The number of allylic oxidation sites excluding steroid dienone is 2. The van der Waals surface area contributed by atoms with Crippen LogP contribution in [-0.2, 0) is 22.6 Å². The molecule has 3 aliphatic rings. The number of amides is 1. The van der Waals surface area contributed by atoms with Gasteiger partial charge in [-0.2, -0.15) is 0 Å². The molecule has 1 N–H and O–H groups in total. The van der Waals surface area contributed by atoms with Gasteiger partial charge >= 0.3 is 5.97 Å². The van der Waals surface area contributed by atoms with Crippen molar-refractivity contribution >= 4 is 11.9 Å². The summed E-state index contributed by atoms with van der Waals surface area (Å²) in [5.41, 5.74) is 2.49. The number of carbonyl (C=O) groups excluding carboxylic acids is 1. The number of carboxylic acids is 1. The lowest BCUT2D eigenvalue weighted by molar-refractivity contribution is -0.151. The Bertz CT molecular complexity index is 666. The molecule has 0 spiro atoms. The summed E-state index contributed by atoms with van der Waals surface area (Å²) in [7, 11) is 0. The molecule has 1 heterocycles. The Kier molecular flexibility index (Phi) is 3.06. The molecule has 1 aliphatic heterocycles. The maximum absolute atomic E-state index is 12.9. The maximum Gasteiger partial charge on any atom is 0.307 e. The van der Waals surface area contributed by atoms with Crippen LogP contribution in [0.15, 0.2) is 36.4 Å². The first-order chi connectivity index (χ1) is 10.6. The number of hydrogen-bond donors (Lipinski definition) is 1. The third-order valence-electron chi connectivity index (χ3n) is 5.47. The minimum Gasteiger partial charge on any atom is -0.481 e. The summed E-state index contributed by atoms with van der Waals surface area (Å²) >= 11 is 0. The fourth-order valence-electron chi connectivity index (χ4n) is 4.39. The zero-order chi connectivity index (χ0) is 15.3. The number of benzene rings is 1. The Morgan fingerprint density at radius 2 is 1.73 bits per heavy atom. The van der Waals surface area contributed by atoms with Gasteiger partial charge in [0.2, 0.25) is 5.91 Å². The van der Waals surface area contributed by atoms with Gasteiger partial charge in [0.1, 0.15) is 0 Å². The zero-order valence-electron chi connectivity index (χ0n) is 12.3. The van der Waals surface area contributed by atoms with Crippen LogP contribution < -0.4 is 0 Å². The van der Waals surface area contributed by atoms with Gasteiger partial charge < -0.3 is 10.0 Å². The summed E-state index contributed by atoms with van der Waals surface area (Å²) in [4.78, 5) is 26.4. The summed E-state index contributed by atoms with van der Waals surface area (Å²) in [6.07, 6.45) is 5.71. The molecule has 1 aromatic rings. The predicted octanol–water partition coefficient (Wildman–Crippen LogP) is 2.09. The molecule has 4 nitrogen and oxygen atoms in total. The first-order valence-corrected chi connectivity index (χ1v) is 7.92. The van der Waals surface area contributed by atoms with E-state index in [4.69, 9.17) is 0 Å². The second-order valence-electron chi connectivity index (χ2n) is 6.62. The Labute approximate surface area is 129 Å². The van der Waals surface area contributed by atoms with Crippen molar-refractivity contribution in [1.29, 1.82) is 0 Å². The Hall–Kier alpha value is -2.10. The van der Waals surface area contributed by atoms with Crippen molar-refractivity contribution < 1.29 is 14.7 Å². The third-order valence-corrected chi connectivity index (χ3v) is 5.47. The molecular formula is C18H19NO3. The van der Waals surface area contributed by atoms with E-state index in [1.807, 2.05) is 29.2 Å². The second-order valence-corrected chi connectivity index (χ2v) is 6.62. The molecule has 1 amide bonds. The normalized spacial score (nSPS) is 32.1. The highest BCUT2D eigenvalue weighted by Gasteiger charge is 2.52. The topological polar surface area (TPSA) is 57.6 Å². The van der Waals surface area contributed by atoms with Crippen LogP contribution in [0.3, 0.4) is 0 Å². The monoisotopic (exact) mass is 297 g/mol. The van der Waals surface area contributed by atoms with Crippen LogP contribution in [0.2, 0.25) is 0 Å². The van der Waals surface area contributed by atoms with E-state index in [0.29, 0.717) is 13.1 Å². The highest BCUT2D eigenvalue weighted by atomic mass is 16.4. The molecule has 0 unspecified atom stereocenters. The number of carboxylic acid groups (broad SMARTS) is 1. The number of hydrogen-bond acceptors (Lipinski definition) is 2. The van der Waals surface area contributed by atoms with E-state index >= 15 is 0 Å². The highest BCUT2D eigenvalue weighted by Crippen LogP contribution is 2.49. The Morgan fingerprint density at radius 3 is 2.45 bits per heavy atom. The van der Waals surface area contributed by atoms with E-state index < -0.39 is 11.9 Å². The fraction of sp³-hybridized carbons (Fsp3) is 0.444. The van der Waals surface area contributed by atoms with Crippen molar-refractivity contribution in [3.05, 3.63) is 47.5 Å². The fourth-order valence-corrected chi connectivity index (χ4v) is 4.39. The highest BCUT2D eigenvalue weighted by molar-refractivity contribution is 5.87. The average Bonchev–Trinajstić information content (AvgIpc) is 3.14. The minimum absolute atomic E-state index is 0.0266. The van der Waals surface area contributed by atoms with Crippen molar-refractivity contribution in [3.8, 4) is 0 Å². The number of nitrogens with zero attached hydrogens (tertiary/aromatic N) is 1. The molecule has 4 heteroatoms. The zero-order valence-corrected chi connectivity index (χ0v) is 12.3. The second kappa shape index (κ2) is 4.97. The van der Waals surface area contributed by atoms with Gasteiger partial charge in [-0.3, -0.25) is 9.59 Å². The van der Waals surface area contributed by atoms with Gasteiger partial charge in [0.25, 0.3) is 0 Å². The summed E-state index contributed by atoms with van der Waals surface area (Å²) in [6, 6.07) is 8.19. The molecule has 0 aromatic heterocycles. The van der Waals surface area contributed by atoms with Gasteiger partial charge in [0.15, 0.2) is 0 Å². The quantitative estimate of drug-likeness (QED) is 0.850. The first-order valence-electron chi connectivity index (χ1n) is 7.92. The standard InChI is InChI=1S/C18H19NO3/c20-17(15-12-5-6-13(9-12)16(15)18(21)22)19-8-7-11-3-1-2-4-14(11)10-19/h1-6,12-13,15-16H,7-10H2,(H,21,22)/t12-,13-,15+,16-/m1/s1. The summed E-state index contributed by atoms with van der Waals surface area (Å²) in [5.74, 6) is -1.58. The minimum atomic E-state index is -0.826. The van der Waals surface area contributed by atoms with Crippen molar-refractivity contribution in [3.63, 3.8) is 0 Å². The van der Waals surface area contributed by atoms with Crippen molar-refractivity contribution in [1.82, 2.24) is 4.90 Å². The van der Waals surface area contributed by atoms with Crippen LogP contribution in [0.1, 0.15) is 17.5 Å². The maximum atomic E-state index is 12.9. The molecule has 1 saturated carbocycles. The van der Waals surface area contributed by atoms with E-state index in [1.165, 1.54) is 11.1 Å². The summed E-state index contributed by atoms with van der Waals surface area (Å²) < 4.78 is 0. The summed E-state index contributed by atoms with van der Waals surface area (Å²) in [6.45, 7) is 1.30. The van der Waals surface area contributed by atoms with Crippen LogP contribution in [0, 0.1) is 23.7 Å². The van der Waals surface area contributed by atoms with Crippen LogP contribution in [0.4, 0.5) is 0 Å². The van der Waals surface area contributed by atoms with Crippen LogP contribution in [0.25, 0.3) is 0 Å². The molecule has 2 bridgehead atoms. The Balaban J connectivity index is 1.58. The van der Waals surface area contributed by atoms with Gasteiger partial charge in [-0.1, -0.05) is 36.4 Å². The van der Waals surface area contributed by atoms with Gasteiger partial charge in [-0.05, 0) is 35.8 Å². The molecule has 1 aromatic carbocycles. The molecule has 4 atom stereocenters. The lowest BCUT2D eigenvalue weighted by Crippen LogP contribution is -2.44. The first kappa shape index (κ1) is 13.6. The Morgan fingerprint density at radius 1 is 1.05 bits per heavy atom. The molecular weight excluding hydrogens is 278 g/mol. The largest absolute Gasteiger partial charge is 0.481 e. The predicted molar refractivity (Wildman–Crippen MR) is 80.9 cm³/mol.